The molecule has 2 N–H and O–H groups in total. The third-order valence-corrected chi connectivity index (χ3v) is 5.32. The van der Waals surface area contributed by atoms with Crippen LogP contribution in [0.5, 0.6) is 0 Å². The van der Waals surface area contributed by atoms with Gasteiger partial charge < -0.3 is 15.2 Å². The minimum Gasteiger partial charge on any atom is -0.359 e. The van der Waals surface area contributed by atoms with Gasteiger partial charge in [-0.1, -0.05) is 5.16 Å². The van der Waals surface area contributed by atoms with Gasteiger partial charge in [0.2, 0.25) is 11.8 Å². The number of nitrogens with one attached hydrogen (secondary N) is 2. The number of benzene rings is 1. The zero-order valence-corrected chi connectivity index (χ0v) is 14.7. The number of rotatable bonds is 4. The fraction of sp³-hybridized carbons (Fsp3) is 0.353. The van der Waals surface area contributed by atoms with Gasteiger partial charge in [0.15, 0.2) is 5.76 Å². The highest BCUT2D eigenvalue weighted by Gasteiger charge is 2.37. The van der Waals surface area contributed by atoms with Gasteiger partial charge in [-0.3, -0.25) is 9.59 Å². The Morgan fingerprint density at radius 2 is 2.16 bits per heavy atom. The molecule has 3 rings (SSSR count). The predicted octanol–water partition coefficient (Wildman–Crippen LogP) is 2.11. The van der Waals surface area contributed by atoms with Gasteiger partial charge in [0.1, 0.15) is 17.6 Å². The van der Waals surface area contributed by atoms with Crippen LogP contribution in [0.1, 0.15) is 19.6 Å². The second kappa shape index (κ2) is 6.87. The average molecular weight is 363 g/mol. The molecular formula is C17H18FN3O3S. The van der Waals surface area contributed by atoms with Gasteiger partial charge in [-0.25, -0.2) is 4.39 Å². The maximum absolute atomic E-state index is 12.9. The predicted molar refractivity (Wildman–Crippen MR) is 92.2 cm³/mol. The second-order valence-electron chi connectivity index (χ2n) is 6.25. The Kier molecular flexibility index (Phi) is 4.80. The van der Waals surface area contributed by atoms with E-state index in [-0.39, 0.29) is 24.2 Å². The molecule has 6 nitrogen and oxygen atoms in total. The second-order valence-corrected chi connectivity index (χ2v) is 7.89. The summed E-state index contributed by atoms with van der Waals surface area (Å²) in [6.07, 6.45) is 0. The molecule has 2 heterocycles. The van der Waals surface area contributed by atoms with Crippen molar-refractivity contribution in [3.63, 3.8) is 0 Å². The van der Waals surface area contributed by atoms with Crippen molar-refractivity contribution in [3.05, 3.63) is 41.9 Å². The fourth-order valence-corrected chi connectivity index (χ4v) is 3.33. The first-order valence-electron chi connectivity index (χ1n) is 7.79. The molecule has 1 fully saturated rings. The lowest BCUT2D eigenvalue weighted by Gasteiger charge is -2.32. The van der Waals surface area contributed by atoms with Crippen LogP contribution in [0.4, 0.5) is 4.39 Å². The molecule has 0 bridgehead atoms. The van der Waals surface area contributed by atoms with Gasteiger partial charge in [-0.2, -0.15) is 0 Å². The zero-order chi connectivity index (χ0) is 18.0. The molecule has 1 saturated heterocycles. The maximum Gasteiger partial charge on any atom is 0.243 e. The summed E-state index contributed by atoms with van der Waals surface area (Å²) >= 11 is 1.45. The Morgan fingerprint density at radius 3 is 2.84 bits per heavy atom. The van der Waals surface area contributed by atoms with Crippen molar-refractivity contribution >= 4 is 23.6 Å². The van der Waals surface area contributed by atoms with Crippen LogP contribution in [-0.2, 0) is 16.1 Å². The molecule has 1 aliphatic heterocycles. The van der Waals surface area contributed by atoms with Crippen molar-refractivity contribution in [2.24, 2.45) is 0 Å². The van der Waals surface area contributed by atoms with Crippen LogP contribution in [0.3, 0.4) is 0 Å². The molecule has 1 aliphatic rings. The smallest absolute Gasteiger partial charge is 0.243 e. The molecule has 1 unspecified atom stereocenters. The van der Waals surface area contributed by atoms with E-state index in [1.165, 1.54) is 23.9 Å². The van der Waals surface area contributed by atoms with Gasteiger partial charge in [0, 0.05) is 17.4 Å². The minimum absolute atomic E-state index is 0.151. The molecule has 132 valence electrons. The third-order valence-electron chi connectivity index (χ3n) is 3.92. The highest BCUT2D eigenvalue weighted by Crippen LogP contribution is 2.29. The van der Waals surface area contributed by atoms with E-state index in [0.29, 0.717) is 17.2 Å². The van der Waals surface area contributed by atoms with Crippen LogP contribution in [-0.4, -0.2) is 33.5 Å². The normalized spacial score (nSPS) is 19.3. The first-order valence-corrected chi connectivity index (χ1v) is 8.78. The Labute approximate surface area is 148 Å². The summed E-state index contributed by atoms with van der Waals surface area (Å²) < 4.78 is 17.6. The maximum atomic E-state index is 12.9. The van der Waals surface area contributed by atoms with Crippen LogP contribution in [0.2, 0.25) is 0 Å². The van der Waals surface area contributed by atoms with E-state index in [4.69, 9.17) is 4.52 Å². The van der Waals surface area contributed by atoms with Crippen LogP contribution in [0, 0.1) is 5.82 Å². The average Bonchev–Trinajstić information content (AvgIpc) is 3.05. The molecule has 0 saturated carbocycles. The lowest BCUT2D eigenvalue weighted by Crippen LogP contribution is -2.56. The van der Waals surface area contributed by atoms with Gasteiger partial charge in [0.05, 0.1) is 11.3 Å². The van der Waals surface area contributed by atoms with E-state index in [9.17, 15) is 14.0 Å². The van der Waals surface area contributed by atoms with Crippen LogP contribution in [0.15, 0.2) is 34.9 Å². The third kappa shape index (κ3) is 4.01. The van der Waals surface area contributed by atoms with Gasteiger partial charge in [-0.05, 0) is 38.1 Å². The van der Waals surface area contributed by atoms with E-state index >= 15 is 0 Å². The number of hydrogen-bond acceptors (Lipinski definition) is 5. The monoisotopic (exact) mass is 363 g/mol. The summed E-state index contributed by atoms with van der Waals surface area (Å²) in [6.45, 7) is 3.81. The Morgan fingerprint density at radius 1 is 1.44 bits per heavy atom. The summed E-state index contributed by atoms with van der Waals surface area (Å²) in [7, 11) is 0. The van der Waals surface area contributed by atoms with Gasteiger partial charge in [-0.15, -0.1) is 11.8 Å². The molecule has 0 radical (unpaired) electrons. The van der Waals surface area contributed by atoms with Crippen molar-refractivity contribution in [3.8, 4) is 11.3 Å². The molecule has 8 heteroatoms. The largest absolute Gasteiger partial charge is 0.359 e. The number of thioether (sulfide) groups is 1. The Bertz CT molecular complexity index is 789. The molecular weight excluding hydrogens is 345 g/mol. The number of carbonyl (C=O) groups is 2. The van der Waals surface area contributed by atoms with Crippen molar-refractivity contribution in [2.45, 2.75) is 31.2 Å². The minimum atomic E-state index is -0.565. The highest BCUT2D eigenvalue weighted by molar-refractivity contribution is 8.01. The lowest BCUT2D eigenvalue weighted by molar-refractivity contribution is -0.129. The number of carbonyl (C=O) groups excluding carboxylic acids is 2. The number of halogens is 1. The van der Waals surface area contributed by atoms with Crippen LogP contribution < -0.4 is 10.6 Å². The van der Waals surface area contributed by atoms with E-state index < -0.39 is 10.8 Å². The molecule has 0 spiro atoms. The molecule has 0 aliphatic carbocycles. The molecule has 1 aromatic carbocycles. The summed E-state index contributed by atoms with van der Waals surface area (Å²) in [6, 6.07) is 7.01. The van der Waals surface area contributed by atoms with E-state index in [1.807, 2.05) is 13.8 Å². The number of hydrogen-bond donors (Lipinski definition) is 2. The first-order chi connectivity index (χ1) is 11.8. The molecule has 2 aromatic rings. The standard InChI is InChI=1S/C17H18FN3O3S/c1-17(2)16(23)20-14(9-25-17)15(22)19-8-12-7-13(21-24-12)10-3-5-11(18)6-4-10/h3-7,14H,8-9H2,1-2H3,(H,19,22)(H,20,23). The van der Waals surface area contributed by atoms with Crippen LogP contribution in [0.25, 0.3) is 11.3 Å². The van der Waals surface area contributed by atoms with E-state index in [2.05, 4.69) is 15.8 Å². The van der Waals surface area contributed by atoms with Gasteiger partial charge in [0.25, 0.3) is 0 Å². The van der Waals surface area contributed by atoms with Crippen molar-refractivity contribution in [1.82, 2.24) is 15.8 Å². The topological polar surface area (TPSA) is 84.2 Å². The SMILES string of the molecule is CC1(C)SCC(C(=O)NCc2cc(-c3ccc(F)cc3)no2)NC1=O. The fourth-order valence-electron chi connectivity index (χ4n) is 2.32. The lowest BCUT2D eigenvalue weighted by atomic mass is 10.1. The quantitative estimate of drug-likeness (QED) is 0.869. The Hall–Kier alpha value is -2.35. The highest BCUT2D eigenvalue weighted by atomic mass is 32.2. The van der Waals surface area contributed by atoms with E-state index in [1.54, 1.807) is 18.2 Å². The summed E-state index contributed by atoms with van der Waals surface area (Å²) in [4.78, 5) is 24.1. The van der Waals surface area contributed by atoms with Crippen LogP contribution >= 0.6 is 11.8 Å². The van der Waals surface area contributed by atoms with E-state index in [0.717, 1.165) is 5.56 Å². The van der Waals surface area contributed by atoms with Crippen molar-refractivity contribution in [2.75, 3.05) is 5.75 Å². The molecule has 2 amide bonds. The Balaban J connectivity index is 1.56. The van der Waals surface area contributed by atoms with Crippen molar-refractivity contribution < 1.29 is 18.5 Å². The first kappa shape index (κ1) is 17.5. The van der Waals surface area contributed by atoms with Gasteiger partial charge >= 0.3 is 0 Å². The molecule has 1 aromatic heterocycles. The number of aromatic nitrogens is 1. The number of amides is 2. The summed E-state index contributed by atoms with van der Waals surface area (Å²) in [5, 5.41) is 9.37. The summed E-state index contributed by atoms with van der Waals surface area (Å²) in [5.74, 6) is 0.248. The number of nitrogens with zero attached hydrogens (tertiary/aromatic N) is 1. The summed E-state index contributed by atoms with van der Waals surface area (Å²) in [5.41, 5.74) is 1.29. The zero-order valence-electron chi connectivity index (χ0n) is 13.8. The molecule has 1 atom stereocenters. The van der Waals surface area contributed by atoms with Crippen molar-refractivity contribution in [1.29, 1.82) is 0 Å². The molecule has 25 heavy (non-hydrogen) atoms.